The fourth-order valence-electron chi connectivity index (χ4n) is 0.379. The second-order valence-corrected chi connectivity index (χ2v) is 1.61. The summed E-state index contributed by atoms with van der Waals surface area (Å²) in [5.41, 5.74) is 0. The molecular formula is C5H9CaNO3. The summed E-state index contributed by atoms with van der Waals surface area (Å²) in [6.07, 6.45) is -1.49. The van der Waals surface area contributed by atoms with E-state index in [0.717, 1.165) is 0 Å². The van der Waals surface area contributed by atoms with E-state index in [1.807, 2.05) is 0 Å². The number of hydrogen-bond acceptors (Lipinski definition) is 3. The molecule has 0 aromatic carbocycles. The van der Waals surface area contributed by atoms with Gasteiger partial charge in [0.15, 0.2) is 0 Å². The van der Waals surface area contributed by atoms with Crippen molar-refractivity contribution >= 4 is 43.7 Å². The van der Waals surface area contributed by atoms with Crippen LogP contribution in [-0.4, -0.2) is 60.0 Å². The van der Waals surface area contributed by atoms with Gasteiger partial charge >= 0.3 is 43.7 Å². The van der Waals surface area contributed by atoms with Crippen molar-refractivity contribution in [2.75, 3.05) is 0 Å². The smallest absolute Gasteiger partial charge is 1.00 e. The third kappa shape index (κ3) is 8.18. The van der Waals surface area contributed by atoms with Gasteiger partial charge in [-0.25, -0.2) is 0 Å². The van der Waals surface area contributed by atoms with Crippen molar-refractivity contribution in [1.29, 1.82) is 5.26 Å². The van der Waals surface area contributed by atoms with Gasteiger partial charge in [-0.15, -0.1) is 0 Å². The van der Waals surface area contributed by atoms with Crippen LogP contribution in [0.2, 0.25) is 0 Å². The molecule has 2 N–H and O–H groups in total. The number of aliphatic hydroxyl groups excluding tert-OH is 1. The van der Waals surface area contributed by atoms with Crippen LogP contribution in [0.15, 0.2) is 0 Å². The number of carbonyl (C=O) groups is 1. The number of hydrogen-bond donors (Lipinski definition) is 2. The van der Waals surface area contributed by atoms with Crippen molar-refractivity contribution in [3.8, 4) is 6.07 Å². The summed E-state index contributed by atoms with van der Waals surface area (Å²) in [4.78, 5) is 9.82. The van der Waals surface area contributed by atoms with E-state index in [9.17, 15) is 4.79 Å². The molecule has 0 aliphatic carbocycles. The molecule has 0 saturated heterocycles. The number of nitriles is 1. The van der Waals surface area contributed by atoms with Crippen molar-refractivity contribution in [2.45, 2.75) is 18.9 Å². The predicted molar refractivity (Wildman–Crippen MR) is 36.5 cm³/mol. The average Bonchev–Trinajstić information content (AvgIpc) is 1.63. The Hall–Kier alpha value is 0.180. The number of aliphatic carboxylic acids is 1. The van der Waals surface area contributed by atoms with Crippen LogP contribution in [-0.2, 0) is 4.79 Å². The summed E-state index contributed by atoms with van der Waals surface area (Å²) in [6.45, 7) is 0. The maximum absolute atomic E-state index is 9.82. The predicted octanol–water partition coefficient (Wildman–Crippen LogP) is -0.420. The molecule has 4 nitrogen and oxygen atoms in total. The number of carboxylic acid groups (broad SMARTS) is 1. The second kappa shape index (κ2) is 7.29. The average molecular weight is 171 g/mol. The van der Waals surface area contributed by atoms with E-state index in [1.165, 1.54) is 0 Å². The number of nitrogens with zero attached hydrogens (tertiary/aromatic N) is 1. The van der Waals surface area contributed by atoms with Gasteiger partial charge in [0.1, 0.15) is 0 Å². The van der Waals surface area contributed by atoms with Gasteiger partial charge < -0.3 is 13.1 Å². The molecule has 0 aromatic rings. The van der Waals surface area contributed by atoms with E-state index >= 15 is 0 Å². The van der Waals surface area contributed by atoms with E-state index in [2.05, 4.69) is 0 Å². The molecule has 0 radical (unpaired) electrons. The Morgan fingerprint density at radius 3 is 2.60 bits per heavy atom. The summed E-state index contributed by atoms with van der Waals surface area (Å²) in [7, 11) is 0. The van der Waals surface area contributed by atoms with Crippen LogP contribution in [0.4, 0.5) is 0 Å². The maximum Gasteiger partial charge on any atom is 2.00 e. The Morgan fingerprint density at radius 1 is 1.80 bits per heavy atom. The van der Waals surface area contributed by atoms with Crippen LogP contribution >= 0.6 is 0 Å². The second-order valence-electron chi connectivity index (χ2n) is 1.61. The molecule has 54 valence electrons. The molecule has 0 saturated carbocycles. The van der Waals surface area contributed by atoms with Gasteiger partial charge in [0, 0.05) is 0 Å². The molecule has 0 heterocycles. The summed E-state index contributed by atoms with van der Waals surface area (Å²) in [6, 6.07) is 1.66. The first kappa shape index (κ1) is 12.8. The largest absolute Gasteiger partial charge is 2.00 e. The van der Waals surface area contributed by atoms with Gasteiger partial charge in [0.05, 0.1) is 25.0 Å². The zero-order chi connectivity index (χ0) is 7.28. The van der Waals surface area contributed by atoms with E-state index in [-0.39, 0.29) is 53.4 Å². The molecule has 5 heteroatoms. The molecule has 1 atom stereocenters. The Kier molecular flexibility index (Phi) is 9.34. The molecule has 0 amide bonds. The fraction of sp³-hybridized carbons (Fsp3) is 0.600. The van der Waals surface area contributed by atoms with Crippen LogP contribution < -0.4 is 0 Å². The van der Waals surface area contributed by atoms with Crippen molar-refractivity contribution < 1.29 is 17.9 Å². The Morgan fingerprint density at radius 2 is 2.30 bits per heavy atom. The van der Waals surface area contributed by atoms with Crippen molar-refractivity contribution in [3.05, 3.63) is 0 Å². The number of aliphatic hydroxyl groups is 1. The van der Waals surface area contributed by atoms with Crippen LogP contribution in [0.3, 0.4) is 0 Å². The Balaban J connectivity index is -0.000000107. The van der Waals surface area contributed by atoms with Crippen LogP contribution in [0.1, 0.15) is 15.7 Å². The molecule has 0 aliphatic rings. The normalized spacial score (nSPS) is 10.8. The van der Waals surface area contributed by atoms with Gasteiger partial charge in [0.25, 0.3) is 0 Å². The Bertz CT molecular complexity index is 150. The van der Waals surface area contributed by atoms with Gasteiger partial charge in [-0.05, 0) is 0 Å². The van der Waals surface area contributed by atoms with E-state index < -0.39 is 12.1 Å². The quantitative estimate of drug-likeness (QED) is 0.565. The van der Waals surface area contributed by atoms with Gasteiger partial charge in [-0.3, -0.25) is 4.79 Å². The minimum Gasteiger partial charge on any atom is -1.00 e. The molecule has 0 aliphatic heterocycles. The third-order valence-corrected chi connectivity index (χ3v) is 0.737. The topological polar surface area (TPSA) is 81.3 Å². The summed E-state index contributed by atoms with van der Waals surface area (Å²) in [5.74, 6) is -1.09. The standard InChI is InChI=1S/C5H7NO3.Ca.2H/c6-2-1-4(7)3-5(8)9;;;/h4,7H,1,3H2,(H,8,9);;;/q;+2;2*-1. The first-order valence-corrected chi connectivity index (χ1v) is 2.43. The van der Waals surface area contributed by atoms with E-state index in [1.54, 1.807) is 6.07 Å². The number of carboxylic acids is 1. The van der Waals surface area contributed by atoms with Crippen molar-refractivity contribution in [3.63, 3.8) is 0 Å². The SMILES string of the molecule is N#CCC(O)CC(=O)O.[Ca+2].[H-].[H-]. The summed E-state index contributed by atoms with van der Waals surface area (Å²) in [5, 5.41) is 24.6. The molecule has 0 bridgehead atoms. The van der Waals surface area contributed by atoms with Crippen LogP contribution in [0.5, 0.6) is 0 Å². The van der Waals surface area contributed by atoms with Crippen LogP contribution in [0.25, 0.3) is 0 Å². The van der Waals surface area contributed by atoms with Crippen LogP contribution in [0, 0.1) is 11.3 Å². The molecule has 0 rings (SSSR count). The van der Waals surface area contributed by atoms with Crippen molar-refractivity contribution in [2.24, 2.45) is 0 Å². The monoisotopic (exact) mass is 171 g/mol. The van der Waals surface area contributed by atoms with E-state index in [0.29, 0.717) is 0 Å². The molecular weight excluding hydrogens is 162 g/mol. The molecule has 0 aromatic heterocycles. The van der Waals surface area contributed by atoms with E-state index in [4.69, 9.17) is 15.5 Å². The first-order valence-electron chi connectivity index (χ1n) is 2.43. The van der Waals surface area contributed by atoms with Gasteiger partial charge in [-0.1, -0.05) is 0 Å². The molecule has 10 heavy (non-hydrogen) atoms. The summed E-state index contributed by atoms with van der Waals surface area (Å²) < 4.78 is 0. The number of rotatable bonds is 3. The van der Waals surface area contributed by atoms with Crippen molar-refractivity contribution in [1.82, 2.24) is 0 Å². The maximum atomic E-state index is 9.82. The molecule has 0 spiro atoms. The zero-order valence-corrected chi connectivity index (χ0v) is 7.66. The van der Waals surface area contributed by atoms with Gasteiger partial charge in [-0.2, -0.15) is 5.26 Å². The Labute approximate surface area is 91.4 Å². The zero-order valence-electron chi connectivity index (χ0n) is 7.45. The fourth-order valence-corrected chi connectivity index (χ4v) is 0.379. The molecule has 1 unspecified atom stereocenters. The minimum atomic E-state index is -1.09. The van der Waals surface area contributed by atoms with Gasteiger partial charge in [0.2, 0.25) is 0 Å². The summed E-state index contributed by atoms with van der Waals surface area (Å²) >= 11 is 0. The third-order valence-electron chi connectivity index (χ3n) is 0.737. The first-order chi connectivity index (χ1) is 4.16. The minimum absolute atomic E-state index is 0. The molecule has 0 fully saturated rings.